The lowest BCUT2D eigenvalue weighted by Gasteiger charge is -2.07. The third-order valence-corrected chi connectivity index (χ3v) is 5.08. The van der Waals surface area contributed by atoms with Crippen molar-refractivity contribution in [2.45, 2.75) is 6.92 Å². The quantitative estimate of drug-likeness (QED) is 0.407. The van der Waals surface area contributed by atoms with E-state index >= 15 is 0 Å². The van der Waals surface area contributed by atoms with Gasteiger partial charge in [-0.25, -0.2) is 4.68 Å². The molecule has 2 aromatic carbocycles. The third-order valence-electron chi connectivity index (χ3n) is 5.08. The van der Waals surface area contributed by atoms with Gasteiger partial charge in [-0.15, -0.1) is 0 Å². The van der Waals surface area contributed by atoms with Gasteiger partial charge in [-0.2, -0.15) is 5.26 Å². The lowest BCUT2D eigenvalue weighted by Crippen LogP contribution is -2.23. The molecule has 0 aliphatic heterocycles. The van der Waals surface area contributed by atoms with Crippen molar-refractivity contribution >= 4 is 28.6 Å². The van der Waals surface area contributed by atoms with Crippen LogP contribution in [0.4, 0.5) is 5.69 Å². The molecule has 7 nitrogen and oxygen atoms in total. The Morgan fingerprint density at radius 3 is 2.57 bits per heavy atom. The van der Waals surface area contributed by atoms with Gasteiger partial charge in [-0.3, -0.25) is 14.3 Å². The fourth-order valence-electron chi connectivity index (χ4n) is 3.41. The normalized spacial score (nSPS) is 11.4. The van der Waals surface area contributed by atoms with Gasteiger partial charge in [0.25, 0.3) is 11.5 Å². The van der Waals surface area contributed by atoms with Crippen LogP contribution in [0, 0.1) is 18.3 Å². The molecule has 4 rings (SSSR count). The molecule has 0 saturated heterocycles. The highest BCUT2D eigenvalue weighted by molar-refractivity contribution is 6.10. The molecule has 0 aliphatic rings. The van der Waals surface area contributed by atoms with E-state index in [-0.39, 0.29) is 16.8 Å². The van der Waals surface area contributed by atoms with Gasteiger partial charge in [0.1, 0.15) is 17.3 Å². The SMILES string of the molecule is Cc1c(NC(=O)/C(C#N)=C/c2c[nH]c3ccccc23)c(=O)n(-c2ccccc2)n1C. The Kier molecular flexibility index (Phi) is 4.82. The highest BCUT2D eigenvalue weighted by atomic mass is 16.2. The summed E-state index contributed by atoms with van der Waals surface area (Å²) in [6.07, 6.45) is 3.26. The number of hydrogen-bond acceptors (Lipinski definition) is 3. The molecular weight excluding hydrogens is 378 g/mol. The van der Waals surface area contributed by atoms with Crippen molar-refractivity contribution in [2.24, 2.45) is 7.05 Å². The van der Waals surface area contributed by atoms with Crippen molar-refractivity contribution in [3.05, 3.63) is 88.0 Å². The van der Waals surface area contributed by atoms with Crippen molar-refractivity contribution in [1.82, 2.24) is 14.3 Å². The number of carbonyl (C=O) groups is 1. The summed E-state index contributed by atoms with van der Waals surface area (Å²) < 4.78 is 3.14. The second-order valence-corrected chi connectivity index (χ2v) is 6.85. The van der Waals surface area contributed by atoms with Crippen LogP contribution < -0.4 is 10.9 Å². The average molecular weight is 397 g/mol. The molecule has 0 spiro atoms. The van der Waals surface area contributed by atoms with Crippen molar-refractivity contribution in [2.75, 3.05) is 5.32 Å². The Labute approximate surface area is 172 Å². The summed E-state index contributed by atoms with van der Waals surface area (Å²) in [6.45, 7) is 1.74. The number of aromatic nitrogens is 3. The molecular formula is C23H19N5O2. The summed E-state index contributed by atoms with van der Waals surface area (Å²) in [7, 11) is 1.74. The maximum Gasteiger partial charge on any atom is 0.295 e. The van der Waals surface area contributed by atoms with Gasteiger partial charge in [0.05, 0.1) is 11.4 Å². The highest BCUT2D eigenvalue weighted by Gasteiger charge is 2.20. The minimum atomic E-state index is -0.631. The van der Waals surface area contributed by atoms with Crippen molar-refractivity contribution < 1.29 is 4.79 Å². The standard InChI is InChI=1S/C23H19N5O2/c1-15-21(23(30)28(27(15)2)18-8-4-3-5-9-18)26-22(29)16(13-24)12-17-14-25-20-11-7-6-10-19(17)20/h3-12,14,25H,1-2H3,(H,26,29)/b16-12+. The zero-order valence-electron chi connectivity index (χ0n) is 16.5. The van der Waals surface area contributed by atoms with Crippen molar-refractivity contribution in [1.29, 1.82) is 5.26 Å². The van der Waals surface area contributed by atoms with Gasteiger partial charge in [0.2, 0.25) is 0 Å². The summed E-state index contributed by atoms with van der Waals surface area (Å²) in [5, 5.41) is 13.1. The second kappa shape index (κ2) is 7.60. The van der Waals surface area contributed by atoms with Crippen LogP contribution in [0.2, 0.25) is 0 Å². The zero-order valence-corrected chi connectivity index (χ0v) is 16.5. The third kappa shape index (κ3) is 3.20. The molecule has 30 heavy (non-hydrogen) atoms. The van der Waals surface area contributed by atoms with Crippen LogP contribution in [0.25, 0.3) is 22.7 Å². The Hall–Kier alpha value is -4.31. The van der Waals surface area contributed by atoms with Crippen molar-refractivity contribution in [3.8, 4) is 11.8 Å². The number of benzene rings is 2. The molecule has 2 heterocycles. The second-order valence-electron chi connectivity index (χ2n) is 6.85. The van der Waals surface area contributed by atoms with E-state index in [9.17, 15) is 14.9 Å². The molecule has 0 atom stereocenters. The van der Waals surface area contributed by atoms with E-state index in [0.29, 0.717) is 11.4 Å². The Morgan fingerprint density at radius 2 is 1.83 bits per heavy atom. The van der Waals surface area contributed by atoms with E-state index < -0.39 is 5.91 Å². The number of hydrogen-bond donors (Lipinski definition) is 2. The number of nitrogens with one attached hydrogen (secondary N) is 2. The van der Waals surface area contributed by atoms with Crippen molar-refractivity contribution in [3.63, 3.8) is 0 Å². The van der Waals surface area contributed by atoms with Crippen LogP contribution in [0.1, 0.15) is 11.3 Å². The zero-order chi connectivity index (χ0) is 21.3. The largest absolute Gasteiger partial charge is 0.361 e. The van der Waals surface area contributed by atoms with E-state index in [2.05, 4.69) is 10.3 Å². The first-order valence-electron chi connectivity index (χ1n) is 9.34. The van der Waals surface area contributed by atoms with E-state index in [1.807, 2.05) is 60.7 Å². The van der Waals surface area contributed by atoms with Gasteiger partial charge in [-0.05, 0) is 31.2 Å². The molecule has 2 aromatic heterocycles. The molecule has 4 aromatic rings. The Morgan fingerprint density at radius 1 is 1.13 bits per heavy atom. The molecule has 1 amide bonds. The monoisotopic (exact) mass is 397 g/mol. The number of para-hydroxylation sites is 2. The minimum absolute atomic E-state index is 0.0892. The van der Waals surface area contributed by atoms with Crippen LogP contribution in [0.5, 0.6) is 0 Å². The lowest BCUT2D eigenvalue weighted by atomic mass is 10.1. The predicted octanol–water partition coefficient (Wildman–Crippen LogP) is 3.51. The maximum atomic E-state index is 13.0. The topological polar surface area (TPSA) is 95.6 Å². The number of fused-ring (bicyclic) bond motifs is 1. The van der Waals surface area contributed by atoms with Crippen LogP contribution in [0.3, 0.4) is 0 Å². The average Bonchev–Trinajstić information content (AvgIpc) is 3.26. The smallest absolute Gasteiger partial charge is 0.295 e. The molecule has 0 fully saturated rings. The number of nitrogens with zero attached hydrogens (tertiary/aromatic N) is 3. The summed E-state index contributed by atoms with van der Waals surface area (Å²) in [4.78, 5) is 28.9. The molecule has 148 valence electrons. The Bertz CT molecular complexity index is 1380. The summed E-state index contributed by atoms with van der Waals surface area (Å²) in [5.41, 5.74) is 2.60. The van der Waals surface area contributed by atoms with E-state index in [1.165, 1.54) is 10.8 Å². The van der Waals surface area contributed by atoms with Gasteiger partial charge >= 0.3 is 0 Å². The maximum absolute atomic E-state index is 13.0. The molecule has 0 saturated carbocycles. The van der Waals surface area contributed by atoms with Crippen LogP contribution in [-0.4, -0.2) is 20.3 Å². The number of nitriles is 1. The van der Waals surface area contributed by atoms with Gasteiger partial charge < -0.3 is 10.3 Å². The first-order chi connectivity index (χ1) is 14.5. The van der Waals surface area contributed by atoms with Gasteiger partial charge in [-0.1, -0.05) is 36.4 Å². The molecule has 0 bridgehead atoms. The number of anilines is 1. The predicted molar refractivity (Wildman–Crippen MR) is 116 cm³/mol. The first kappa shape index (κ1) is 19.0. The molecule has 0 unspecified atom stereocenters. The number of aromatic amines is 1. The van der Waals surface area contributed by atoms with Crippen LogP contribution in [0.15, 0.2) is 71.2 Å². The van der Waals surface area contributed by atoms with Gasteiger partial charge in [0.15, 0.2) is 0 Å². The number of rotatable bonds is 4. The van der Waals surface area contributed by atoms with E-state index in [1.54, 1.807) is 24.9 Å². The fraction of sp³-hybridized carbons (Fsp3) is 0.0870. The lowest BCUT2D eigenvalue weighted by molar-refractivity contribution is -0.112. The summed E-state index contributed by atoms with van der Waals surface area (Å²) in [5.74, 6) is -0.631. The summed E-state index contributed by atoms with van der Waals surface area (Å²) in [6, 6.07) is 18.7. The van der Waals surface area contributed by atoms with Crippen LogP contribution in [-0.2, 0) is 11.8 Å². The molecule has 2 N–H and O–H groups in total. The number of H-pyrrole nitrogens is 1. The van der Waals surface area contributed by atoms with E-state index in [4.69, 9.17) is 0 Å². The minimum Gasteiger partial charge on any atom is -0.361 e. The number of amides is 1. The fourth-order valence-corrected chi connectivity index (χ4v) is 3.41. The molecule has 7 heteroatoms. The summed E-state index contributed by atoms with van der Waals surface area (Å²) >= 11 is 0. The molecule has 0 aliphatic carbocycles. The number of carbonyl (C=O) groups excluding carboxylic acids is 1. The van der Waals surface area contributed by atoms with E-state index in [0.717, 1.165) is 16.5 Å². The highest BCUT2D eigenvalue weighted by Crippen LogP contribution is 2.21. The van der Waals surface area contributed by atoms with Crippen LogP contribution >= 0.6 is 0 Å². The first-order valence-corrected chi connectivity index (χ1v) is 9.34. The molecule has 0 radical (unpaired) electrons. The Balaban J connectivity index is 1.70. The van der Waals surface area contributed by atoms with Gasteiger partial charge in [0, 0.05) is 29.7 Å².